The molecule has 1 aromatic heterocycles. The van der Waals surface area contributed by atoms with Crippen molar-refractivity contribution in [3.05, 3.63) is 247 Å². The van der Waals surface area contributed by atoms with Gasteiger partial charge in [0.1, 0.15) is 22.4 Å². The number of aromatic nitrogens is 2. The van der Waals surface area contributed by atoms with E-state index in [2.05, 4.69) is 59.3 Å². The highest BCUT2D eigenvalue weighted by Gasteiger charge is 2.29. The largest absolute Gasteiger partial charge is 0.478 e. The number of carboxylic acids is 1. The first-order valence-corrected chi connectivity index (χ1v) is 41.5. The molecule has 123 heavy (non-hydrogen) atoms. The molecule has 12 rings (SSSR count). The van der Waals surface area contributed by atoms with E-state index in [1.54, 1.807) is 115 Å². The Morgan fingerprint density at radius 2 is 0.772 bits per heavy atom. The Balaban J connectivity index is 0.000000207. The maximum absolute atomic E-state index is 12.4. The molecule has 0 aliphatic carbocycles. The molecule has 28 nitrogen and oxygen atoms in total. The van der Waals surface area contributed by atoms with Crippen LogP contribution in [0.15, 0.2) is 190 Å². The SMILES string of the molecule is CC(C)(C)OC(=O)N1CC=C(c2ccc(C(=O)O)cc2)CC1.CCNC(=O)c1ccc(C2=CCNCC2)cc1.CN(NC(=O)c1ccc(C2=CCN(C(=O)OC(C)(C)C)CC2)cc1)C(=O)OC(C)(C)C.COC(=O)c1ccc(Br)cc1.COC(=O)c1ccc(C2=CCN(C(=O)OC(C)(C)C)CC2)cc1.Cn1nc(-c2ccc(C3=CCNCC3)cc2)oc1=O. The Hall–Kier alpha value is -12.2. The molecule has 5 N–H and O–H groups in total. The fourth-order valence-electron chi connectivity index (χ4n) is 12.3. The summed E-state index contributed by atoms with van der Waals surface area (Å²) in [6.45, 7) is 31.7. The van der Waals surface area contributed by atoms with Crippen molar-refractivity contribution < 1.29 is 81.1 Å². The molecule has 29 heteroatoms. The number of nitrogens with one attached hydrogen (secondary N) is 4. The second-order valence-electron chi connectivity index (χ2n) is 32.9. The Morgan fingerprint density at radius 1 is 0.455 bits per heavy atom. The van der Waals surface area contributed by atoms with Gasteiger partial charge < -0.3 is 68.6 Å². The second kappa shape index (κ2) is 46.2. The van der Waals surface area contributed by atoms with Gasteiger partial charge in [0.05, 0.1) is 30.9 Å². The fourth-order valence-corrected chi connectivity index (χ4v) is 12.6. The van der Waals surface area contributed by atoms with Gasteiger partial charge in [-0.05, 0) is 276 Å². The van der Waals surface area contributed by atoms with Gasteiger partial charge in [0.2, 0.25) is 5.89 Å². The van der Waals surface area contributed by atoms with Gasteiger partial charge in [0, 0.05) is 94.2 Å². The van der Waals surface area contributed by atoms with Gasteiger partial charge in [-0.25, -0.2) is 43.4 Å². The number of hydrogen-bond donors (Lipinski definition) is 5. The minimum Gasteiger partial charge on any atom is -0.478 e. The minimum atomic E-state index is -0.930. The molecule has 6 amide bonds. The smallest absolute Gasteiger partial charge is 0.437 e. The Morgan fingerprint density at radius 3 is 1.07 bits per heavy atom. The van der Waals surface area contributed by atoms with Crippen molar-refractivity contribution >= 4 is 97.9 Å². The third kappa shape index (κ3) is 32.9. The highest BCUT2D eigenvalue weighted by Crippen LogP contribution is 2.30. The van der Waals surface area contributed by atoms with Crippen LogP contribution < -0.4 is 27.1 Å². The van der Waals surface area contributed by atoms with E-state index in [9.17, 15) is 47.9 Å². The molecule has 6 heterocycles. The van der Waals surface area contributed by atoms with Crippen LogP contribution in [0.25, 0.3) is 39.3 Å². The number of halogens is 1. The van der Waals surface area contributed by atoms with Crippen LogP contribution in [-0.4, -0.2) is 204 Å². The van der Waals surface area contributed by atoms with Crippen LogP contribution >= 0.6 is 15.9 Å². The van der Waals surface area contributed by atoms with Crippen molar-refractivity contribution in [2.75, 3.05) is 93.3 Å². The molecule has 0 bridgehead atoms. The maximum Gasteiger partial charge on any atom is 0.437 e. The number of methoxy groups -OCH3 is 2. The van der Waals surface area contributed by atoms with E-state index in [1.165, 1.54) is 53.8 Å². The van der Waals surface area contributed by atoms with E-state index in [1.807, 2.05) is 160 Å². The number of nitrogens with zero attached hydrogens (tertiary/aromatic N) is 6. The molecular weight excluding hydrogens is 1640 g/mol. The number of benzene rings is 6. The summed E-state index contributed by atoms with van der Waals surface area (Å²) in [6.07, 6.45) is 13.2. The number of aryl methyl sites for hydroxylation is 1. The predicted molar refractivity (Wildman–Crippen MR) is 478 cm³/mol. The van der Waals surface area contributed by atoms with Gasteiger partial charge >= 0.3 is 48.0 Å². The monoisotopic (exact) mass is 1750 g/mol. The summed E-state index contributed by atoms with van der Waals surface area (Å²) in [7, 11) is 5.74. The van der Waals surface area contributed by atoms with Crippen molar-refractivity contribution in [1.82, 2.24) is 50.9 Å². The number of aromatic carboxylic acids is 1. The van der Waals surface area contributed by atoms with Crippen molar-refractivity contribution in [2.24, 2.45) is 7.05 Å². The molecule has 0 radical (unpaired) electrons. The number of hydrazine groups is 1. The van der Waals surface area contributed by atoms with Crippen molar-refractivity contribution in [2.45, 2.75) is 145 Å². The van der Waals surface area contributed by atoms with Crippen LogP contribution in [0, 0.1) is 0 Å². The lowest BCUT2D eigenvalue weighted by Crippen LogP contribution is -2.45. The molecule has 0 spiro atoms. The van der Waals surface area contributed by atoms with Crippen LogP contribution in [0.1, 0.15) is 202 Å². The quantitative estimate of drug-likeness (QED) is 0.0431. The molecule has 5 aliphatic heterocycles. The number of carbonyl (C=O) groups is 9. The summed E-state index contributed by atoms with van der Waals surface area (Å²) >= 11 is 3.26. The van der Waals surface area contributed by atoms with E-state index in [-0.39, 0.29) is 41.7 Å². The molecule has 0 fully saturated rings. The molecule has 658 valence electrons. The topological polar surface area (TPSA) is 338 Å². The summed E-state index contributed by atoms with van der Waals surface area (Å²) in [4.78, 5) is 122. The van der Waals surface area contributed by atoms with Crippen LogP contribution in [-0.2, 0) is 35.5 Å². The molecule has 0 saturated carbocycles. The zero-order chi connectivity index (χ0) is 90.4. The first kappa shape index (κ1) is 97.9. The van der Waals surface area contributed by atoms with Gasteiger partial charge in [-0.15, -0.1) is 5.10 Å². The third-order valence-corrected chi connectivity index (χ3v) is 19.2. The molecule has 6 aromatic carbocycles. The average molecular weight is 1750 g/mol. The van der Waals surface area contributed by atoms with Gasteiger partial charge in [0.25, 0.3) is 11.8 Å². The first-order valence-electron chi connectivity index (χ1n) is 40.7. The number of amides is 6. The molecule has 0 saturated heterocycles. The standard InChI is InChI=1S/C23H33N3O5.C18H23NO4.C17H21NO4.C14H15N3O2.C14H18N2O.C8H7BrO2/c1-22(2,3)30-20(28)25(7)24-19(27)18-10-8-16(9-11-18)17-12-14-26(15-13-17)21(29)31-23(4,5)6;1-18(2,3)23-17(21)19-11-9-14(10-12-19)13-5-7-15(8-6-13)16(20)22-4;1-17(2,3)22-16(21)18-10-8-13(9-11-18)12-4-6-14(7-5-12)15(19)20;1-17-14(18)19-13(16-17)12-4-2-10(3-5-12)11-6-8-15-9-7-11;1-2-16-14(17)13-5-3-11(4-6-13)12-7-9-15-10-8-12;1-11-8(10)6-2-4-7(9)5-3-6/h8-12H,13-15H2,1-7H3,(H,24,27);5-9H,10-12H2,1-4H3;4-8H,9-11H2,1-3H3,(H,19,20);2-6,15H,7-9H2,1H3;3-7,15H,2,8-10H2,1H3,(H,16,17);2-5H,1H3. The molecule has 0 unspecified atom stereocenters. The van der Waals surface area contributed by atoms with Gasteiger partial charge in [-0.2, -0.15) is 4.68 Å². The van der Waals surface area contributed by atoms with E-state index < -0.39 is 46.1 Å². The van der Waals surface area contributed by atoms with E-state index in [0.717, 1.165) is 100 Å². The summed E-state index contributed by atoms with van der Waals surface area (Å²) in [5, 5.41) is 23.3. The van der Waals surface area contributed by atoms with Crippen LogP contribution in [0.5, 0.6) is 0 Å². The summed E-state index contributed by atoms with van der Waals surface area (Å²) in [6, 6.07) is 44.0. The number of ether oxygens (including phenoxy) is 6. The Bertz CT molecular complexity index is 4980. The normalized spacial score (nSPS) is 14.5. The summed E-state index contributed by atoms with van der Waals surface area (Å²) in [5.74, 6) is -2.08. The van der Waals surface area contributed by atoms with Crippen molar-refractivity contribution in [3.8, 4) is 11.5 Å². The van der Waals surface area contributed by atoms with Crippen molar-refractivity contribution in [3.63, 3.8) is 0 Å². The Labute approximate surface area is 728 Å². The lowest BCUT2D eigenvalue weighted by Gasteiger charge is -2.29. The van der Waals surface area contributed by atoms with E-state index in [4.69, 9.17) is 33.2 Å². The van der Waals surface area contributed by atoms with Gasteiger partial charge in [-0.3, -0.25) is 15.0 Å². The van der Waals surface area contributed by atoms with Crippen LogP contribution in [0.4, 0.5) is 19.2 Å². The zero-order valence-corrected chi connectivity index (χ0v) is 75.1. The summed E-state index contributed by atoms with van der Waals surface area (Å²) in [5.41, 5.74) is 15.3. The second-order valence-corrected chi connectivity index (χ2v) is 33.8. The first-order chi connectivity index (χ1) is 58.1. The molecular formula is C94H117BrN10O18. The number of esters is 2. The average Bonchev–Trinajstić information content (AvgIpc) is 1.80. The molecule has 5 aliphatic rings. The van der Waals surface area contributed by atoms with Crippen LogP contribution in [0.2, 0.25) is 0 Å². The highest BCUT2D eigenvalue weighted by atomic mass is 79.9. The number of carboxylic acid groups (broad SMARTS) is 1. The minimum absolute atomic E-state index is 0.00154. The number of carbonyl (C=O) groups excluding carboxylic acids is 8. The Kier molecular flexibility index (Phi) is 36.7. The zero-order valence-electron chi connectivity index (χ0n) is 73.5. The fraction of sp³-hybridized carbons (Fsp3) is 0.394. The van der Waals surface area contributed by atoms with Gasteiger partial charge in [0.15, 0.2) is 0 Å². The van der Waals surface area contributed by atoms with Gasteiger partial charge in [-0.1, -0.05) is 107 Å². The number of hydrogen-bond acceptors (Lipinski definition) is 20. The third-order valence-electron chi connectivity index (χ3n) is 18.7. The van der Waals surface area contributed by atoms with E-state index in [0.29, 0.717) is 74.8 Å². The summed E-state index contributed by atoms with van der Waals surface area (Å²) < 4.78 is 37.8. The molecule has 0 atom stereocenters. The van der Waals surface area contributed by atoms with E-state index >= 15 is 0 Å². The predicted octanol–water partition coefficient (Wildman–Crippen LogP) is 16.6. The maximum atomic E-state index is 12.4. The van der Waals surface area contributed by atoms with Crippen LogP contribution in [0.3, 0.4) is 0 Å². The highest BCUT2D eigenvalue weighted by molar-refractivity contribution is 9.10. The lowest BCUT2D eigenvalue weighted by atomic mass is 9.98. The lowest BCUT2D eigenvalue weighted by molar-refractivity contribution is 0.0193. The van der Waals surface area contributed by atoms with Crippen molar-refractivity contribution in [1.29, 1.82) is 0 Å². The molecule has 7 aromatic rings. The number of rotatable bonds is 12.